The summed E-state index contributed by atoms with van der Waals surface area (Å²) in [5.74, 6) is 6.05. The fraction of sp³-hybridized carbons (Fsp3) is 0.750. The van der Waals surface area contributed by atoms with Crippen molar-refractivity contribution in [3.8, 4) is 11.8 Å². The Balaban J connectivity index is 3.56. The molecule has 0 aliphatic heterocycles. The Kier molecular flexibility index (Phi) is 6.32. The van der Waals surface area contributed by atoms with E-state index in [1.54, 1.807) is 6.21 Å². The molecule has 0 N–H and O–H groups in total. The van der Waals surface area contributed by atoms with Crippen LogP contribution < -0.4 is 0 Å². The molecule has 0 bridgehead atoms. The fourth-order valence-corrected chi connectivity index (χ4v) is 0.807. The third-order valence-electron chi connectivity index (χ3n) is 1.52. The summed E-state index contributed by atoms with van der Waals surface area (Å²) in [4.78, 5) is 4.28. The maximum atomic E-state index is 4.28. The van der Waals surface area contributed by atoms with Crippen molar-refractivity contribution in [1.29, 1.82) is 0 Å². The largest absolute Gasteiger partial charge is 0.278 e. The molecule has 0 unspecified atom stereocenters. The van der Waals surface area contributed by atoms with Gasteiger partial charge in [0.2, 0.25) is 0 Å². The van der Waals surface area contributed by atoms with Gasteiger partial charge in [-0.1, -0.05) is 31.6 Å². The molecule has 74 valence electrons. The molecule has 0 radical (unpaired) electrons. The molecule has 0 saturated heterocycles. The topological polar surface area (TPSA) is 12.4 Å². The van der Waals surface area contributed by atoms with Gasteiger partial charge in [-0.2, -0.15) is 0 Å². The Bertz CT molecular complexity index is 197. The highest BCUT2D eigenvalue weighted by Gasteiger charge is 2.03. The summed E-state index contributed by atoms with van der Waals surface area (Å²) in [6.07, 6.45) is 6.49. The van der Waals surface area contributed by atoms with Crippen LogP contribution in [0.3, 0.4) is 0 Å². The Hall–Kier alpha value is -0.770. The second-order valence-electron chi connectivity index (χ2n) is 4.21. The van der Waals surface area contributed by atoms with Gasteiger partial charge in [-0.25, -0.2) is 0 Å². The Morgan fingerprint density at radius 1 is 1.23 bits per heavy atom. The maximum absolute atomic E-state index is 4.28. The molecule has 0 aliphatic rings. The highest BCUT2D eigenvalue weighted by molar-refractivity contribution is 5.78. The van der Waals surface area contributed by atoms with Crippen LogP contribution in [0.4, 0.5) is 0 Å². The molecule has 0 aromatic rings. The highest BCUT2D eigenvalue weighted by Crippen LogP contribution is 2.03. The van der Waals surface area contributed by atoms with Gasteiger partial charge in [0, 0.05) is 6.42 Å². The van der Waals surface area contributed by atoms with E-state index >= 15 is 0 Å². The monoisotopic (exact) mass is 179 g/mol. The number of hydrogen-bond acceptors (Lipinski definition) is 1. The standard InChI is InChI=1S/C12H21N/c1-5-6-7-8-9-10-11-13-12(2,3)4/h11H,5-8H2,1-4H3. The second kappa shape index (κ2) is 6.71. The van der Waals surface area contributed by atoms with Gasteiger partial charge in [0.25, 0.3) is 0 Å². The van der Waals surface area contributed by atoms with Crippen molar-refractivity contribution in [2.45, 2.75) is 58.9 Å². The molecular formula is C12H21N. The normalized spacial score (nSPS) is 11.4. The van der Waals surface area contributed by atoms with Crippen molar-refractivity contribution < 1.29 is 0 Å². The number of hydrogen-bond donors (Lipinski definition) is 0. The van der Waals surface area contributed by atoms with Crippen molar-refractivity contribution in [3.05, 3.63) is 0 Å². The predicted molar refractivity (Wildman–Crippen MR) is 60.2 cm³/mol. The summed E-state index contributed by atoms with van der Waals surface area (Å²) in [6, 6.07) is 0. The third-order valence-corrected chi connectivity index (χ3v) is 1.52. The lowest BCUT2D eigenvalue weighted by atomic mass is 10.1. The summed E-state index contributed by atoms with van der Waals surface area (Å²) in [7, 11) is 0. The van der Waals surface area contributed by atoms with Gasteiger partial charge in [-0.15, -0.1) is 0 Å². The molecule has 0 amide bonds. The van der Waals surface area contributed by atoms with Gasteiger partial charge in [-0.3, -0.25) is 4.99 Å². The van der Waals surface area contributed by atoms with Crippen molar-refractivity contribution in [2.75, 3.05) is 0 Å². The van der Waals surface area contributed by atoms with Crippen LogP contribution in [0.1, 0.15) is 53.4 Å². The Morgan fingerprint density at radius 2 is 1.92 bits per heavy atom. The lowest BCUT2D eigenvalue weighted by Gasteiger charge is -2.08. The summed E-state index contributed by atoms with van der Waals surface area (Å²) in [5.41, 5.74) is 0.0120. The van der Waals surface area contributed by atoms with Gasteiger partial charge in [0.15, 0.2) is 0 Å². The van der Waals surface area contributed by atoms with E-state index in [9.17, 15) is 0 Å². The van der Waals surface area contributed by atoms with Crippen LogP contribution >= 0.6 is 0 Å². The number of rotatable bonds is 3. The van der Waals surface area contributed by atoms with Crippen LogP contribution in [0.25, 0.3) is 0 Å². The molecule has 0 heterocycles. The quantitative estimate of drug-likeness (QED) is 0.357. The first-order valence-electron chi connectivity index (χ1n) is 5.08. The third kappa shape index (κ3) is 11.2. The number of nitrogens with zero attached hydrogens (tertiary/aromatic N) is 1. The maximum Gasteiger partial charge on any atom is 0.0717 e. The van der Waals surface area contributed by atoms with E-state index in [0.717, 1.165) is 6.42 Å². The van der Waals surface area contributed by atoms with E-state index in [1.807, 2.05) is 0 Å². The lowest BCUT2D eigenvalue weighted by molar-refractivity contribution is 0.587. The molecule has 13 heavy (non-hydrogen) atoms. The molecule has 0 rings (SSSR count). The summed E-state index contributed by atoms with van der Waals surface area (Å²) in [6.45, 7) is 8.42. The van der Waals surface area contributed by atoms with Crippen LogP contribution in [0.15, 0.2) is 4.99 Å². The highest BCUT2D eigenvalue weighted by atomic mass is 14.8. The Morgan fingerprint density at radius 3 is 2.46 bits per heavy atom. The van der Waals surface area contributed by atoms with Crippen LogP contribution in [-0.4, -0.2) is 11.8 Å². The molecule has 0 aliphatic carbocycles. The van der Waals surface area contributed by atoms with Crippen molar-refractivity contribution in [3.63, 3.8) is 0 Å². The van der Waals surface area contributed by atoms with Gasteiger partial charge in [0.1, 0.15) is 0 Å². The van der Waals surface area contributed by atoms with Crippen molar-refractivity contribution >= 4 is 6.21 Å². The smallest absolute Gasteiger partial charge is 0.0717 e. The van der Waals surface area contributed by atoms with Gasteiger partial charge >= 0.3 is 0 Å². The molecule has 0 atom stereocenters. The van der Waals surface area contributed by atoms with Crippen LogP contribution in [0, 0.1) is 11.8 Å². The van der Waals surface area contributed by atoms with E-state index in [4.69, 9.17) is 0 Å². The average molecular weight is 179 g/mol. The molecule has 0 spiro atoms. The number of unbranched alkanes of at least 4 members (excludes halogenated alkanes) is 3. The number of aliphatic imine (C=N–C) groups is 1. The minimum atomic E-state index is 0.0120. The zero-order chi connectivity index (χ0) is 10.2. The minimum Gasteiger partial charge on any atom is -0.278 e. The van der Waals surface area contributed by atoms with Crippen LogP contribution in [0.5, 0.6) is 0 Å². The molecule has 0 aromatic carbocycles. The molecule has 0 fully saturated rings. The van der Waals surface area contributed by atoms with E-state index in [2.05, 4.69) is 44.5 Å². The fourth-order valence-electron chi connectivity index (χ4n) is 0.807. The van der Waals surface area contributed by atoms with E-state index in [0.29, 0.717) is 0 Å². The lowest BCUT2D eigenvalue weighted by Crippen LogP contribution is -2.08. The molecule has 1 heteroatoms. The molecule has 1 nitrogen and oxygen atoms in total. The minimum absolute atomic E-state index is 0.0120. The van der Waals surface area contributed by atoms with Crippen molar-refractivity contribution in [1.82, 2.24) is 0 Å². The van der Waals surface area contributed by atoms with Crippen LogP contribution in [-0.2, 0) is 0 Å². The molecular weight excluding hydrogens is 158 g/mol. The molecule has 0 aromatic heterocycles. The zero-order valence-electron chi connectivity index (χ0n) is 9.35. The van der Waals surface area contributed by atoms with E-state index < -0.39 is 0 Å². The molecule has 0 saturated carbocycles. The summed E-state index contributed by atoms with van der Waals surface area (Å²) < 4.78 is 0. The zero-order valence-corrected chi connectivity index (χ0v) is 9.35. The van der Waals surface area contributed by atoms with Gasteiger partial charge in [0.05, 0.1) is 11.8 Å². The first kappa shape index (κ1) is 12.2. The first-order chi connectivity index (χ1) is 6.06. The summed E-state index contributed by atoms with van der Waals surface area (Å²) in [5, 5.41) is 0. The predicted octanol–water partition coefficient (Wildman–Crippen LogP) is 3.44. The van der Waals surface area contributed by atoms with Gasteiger partial charge in [-0.05, 0) is 27.2 Å². The average Bonchev–Trinajstić information content (AvgIpc) is 2.01. The van der Waals surface area contributed by atoms with Crippen molar-refractivity contribution in [2.24, 2.45) is 4.99 Å². The SMILES string of the molecule is CCCCCC#CC=NC(C)(C)C. The van der Waals surface area contributed by atoms with Gasteiger partial charge < -0.3 is 0 Å². The summed E-state index contributed by atoms with van der Waals surface area (Å²) >= 11 is 0. The van der Waals surface area contributed by atoms with E-state index in [1.165, 1.54) is 19.3 Å². The first-order valence-corrected chi connectivity index (χ1v) is 5.08. The Labute approximate surface area is 82.6 Å². The second-order valence-corrected chi connectivity index (χ2v) is 4.21. The van der Waals surface area contributed by atoms with Crippen LogP contribution in [0.2, 0.25) is 0 Å². The van der Waals surface area contributed by atoms with E-state index in [-0.39, 0.29) is 5.54 Å².